The number of aliphatic carboxylic acids is 1. The molecule has 0 spiro atoms. The lowest BCUT2D eigenvalue weighted by molar-refractivity contribution is -0.139. The summed E-state index contributed by atoms with van der Waals surface area (Å²) in [5.41, 5.74) is 1.59. The molecule has 4 heteroatoms. The highest BCUT2D eigenvalue weighted by Gasteiger charge is 2.15. The van der Waals surface area contributed by atoms with Gasteiger partial charge in [-0.05, 0) is 24.1 Å². The minimum absolute atomic E-state index is 0.323. The highest BCUT2D eigenvalue weighted by molar-refractivity contribution is 5.68. The van der Waals surface area contributed by atoms with Gasteiger partial charge in [-0.3, -0.25) is 4.79 Å². The van der Waals surface area contributed by atoms with Gasteiger partial charge in [0.2, 0.25) is 0 Å². The molecule has 0 bridgehead atoms. The van der Waals surface area contributed by atoms with Gasteiger partial charge in [0, 0.05) is 0 Å². The number of nitriles is 1. The van der Waals surface area contributed by atoms with E-state index >= 15 is 0 Å². The van der Waals surface area contributed by atoms with Gasteiger partial charge in [0.05, 0.1) is 24.2 Å². The van der Waals surface area contributed by atoms with Crippen molar-refractivity contribution in [2.24, 2.45) is 0 Å². The van der Waals surface area contributed by atoms with Crippen LogP contribution < -0.4 is 0 Å². The molecule has 0 radical (unpaired) electrons. The van der Waals surface area contributed by atoms with E-state index in [1.54, 1.807) is 18.2 Å². The number of aliphatic hydroxyl groups is 1. The van der Waals surface area contributed by atoms with E-state index in [-0.39, 0.29) is 0 Å². The van der Waals surface area contributed by atoms with E-state index in [0.717, 1.165) is 5.56 Å². The molecule has 0 heterocycles. The highest BCUT2D eigenvalue weighted by Crippen LogP contribution is 2.21. The summed E-state index contributed by atoms with van der Waals surface area (Å²) in [6, 6.07) is 6.89. The average Bonchev–Trinajstić information content (AvgIpc) is 2.16. The molecule has 0 amide bonds. The second-order valence-corrected chi connectivity index (χ2v) is 3.32. The summed E-state index contributed by atoms with van der Waals surface area (Å²) in [7, 11) is 0. The zero-order chi connectivity index (χ0) is 11.4. The van der Waals surface area contributed by atoms with E-state index in [9.17, 15) is 9.90 Å². The fourth-order valence-corrected chi connectivity index (χ4v) is 1.33. The normalized spacial score (nSPS) is 11.8. The van der Waals surface area contributed by atoms with Gasteiger partial charge in [0.25, 0.3) is 0 Å². The summed E-state index contributed by atoms with van der Waals surface area (Å²) in [6.07, 6.45) is -1.52. The summed E-state index contributed by atoms with van der Waals surface area (Å²) in [5, 5.41) is 26.9. The molecule has 0 aliphatic heterocycles. The van der Waals surface area contributed by atoms with Crippen molar-refractivity contribution in [3.8, 4) is 6.07 Å². The molecule has 0 aromatic heterocycles. The van der Waals surface area contributed by atoms with Crippen molar-refractivity contribution in [1.29, 1.82) is 5.26 Å². The van der Waals surface area contributed by atoms with Crippen LogP contribution in [0.15, 0.2) is 18.2 Å². The van der Waals surface area contributed by atoms with Crippen molar-refractivity contribution in [3.63, 3.8) is 0 Å². The summed E-state index contributed by atoms with van der Waals surface area (Å²) in [4.78, 5) is 10.4. The topological polar surface area (TPSA) is 81.3 Å². The standard InChI is InChI=1S/C11H11NO3/c1-7-2-3-9(8(4-7)6-12)10(13)5-11(14)15/h2-4,10,13H,5H2,1H3,(H,14,15). The molecule has 4 nitrogen and oxygen atoms in total. The SMILES string of the molecule is Cc1ccc(C(O)CC(=O)O)c(C#N)c1. The van der Waals surface area contributed by atoms with Crippen LogP contribution in [0.25, 0.3) is 0 Å². The number of rotatable bonds is 3. The molecule has 1 aromatic carbocycles. The van der Waals surface area contributed by atoms with Gasteiger partial charge in [-0.15, -0.1) is 0 Å². The molecule has 1 atom stereocenters. The lowest BCUT2D eigenvalue weighted by Crippen LogP contribution is -2.07. The molecule has 0 aliphatic rings. The van der Waals surface area contributed by atoms with Crippen LogP contribution in [0.4, 0.5) is 0 Å². The molecule has 0 aliphatic carbocycles. The summed E-state index contributed by atoms with van der Waals surface area (Å²) >= 11 is 0. The smallest absolute Gasteiger partial charge is 0.306 e. The zero-order valence-corrected chi connectivity index (χ0v) is 8.27. The van der Waals surface area contributed by atoms with E-state index < -0.39 is 18.5 Å². The van der Waals surface area contributed by atoms with Gasteiger partial charge in [-0.1, -0.05) is 12.1 Å². The van der Waals surface area contributed by atoms with Gasteiger partial charge < -0.3 is 10.2 Å². The maximum Gasteiger partial charge on any atom is 0.306 e. The molecular weight excluding hydrogens is 194 g/mol. The number of carboxylic acids is 1. The number of aliphatic hydroxyl groups excluding tert-OH is 1. The third-order valence-electron chi connectivity index (χ3n) is 2.06. The van der Waals surface area contributed by atoms with Crippen LogP contribution in [0.1, 0.15) is 29.2 Å². The molecule has 0 saturated carbocycles. The van der Waals surface area contributed by atoms with Gasteiger partial charge >= 0.3 is 5.97 Å². The maximum atomic E-state index is 10.4. The van der Waals surface area contributed by atoms with E-state index in [2.05, 4.69) is 0 Å². The number of hydrogen-bond donors (Lipinski definition) is 2. The Hall–Kier alpha value is -1.86. The highest BCUT2D eigenvalue weighted by atomic mass is 16.4. The lowest BCUT2D eigenvalue weighted by atomic mass is 9.99. The van der Waals surface area contributed by atoms with Gasteiger partial charge in [-0.25, -0.2) is 0 Å². The average molecular weight is 205 g/mol. The van der Waals surface area contributed by atoms with Crippen molar-refractivity contribution >= 4 is 5.97 Å². The quantitative estimate of drug-likeness (QED) is 0.780. The number of hydrogen-bond acceptors (Lipinski definition) is 3. The Kier molecular flexibility index (Phi) is 3.42. The van der Waals surface area contributed by atoms with E-state index in [4.69, 9.17) is 10.4 Å². The minimum Gasteiger partial charge on any atom is -0.481 e. The number of carboxylic acid groups (broad SMARTS) is 1. The van der Waals surface area contributed by atoms with Crippen molar-refractivity contribution in [2.45, 2.75) is 19.4 Å². The predicted octanol–water partition coefficient (Wildman–Crippen LogP) is 1.37. The fourth-order valence-electron chi connectivity index (χ4n) is 1.33. The van der Waals surface area contributed by atoms with Crippen LogP contribution in [0.2, 0.25) is 0 Å². The number of aryl methyl sites for hydroxylation is 1. The largest absolute Gasteiger partial charge is 0.481 e. The molecule has 2 N–H and O–H groups in total. The Bertz CT molecular complexity index is 420. The second-order valence-electron chi connectivity index (χ2n) is 3.32. The second kappa shape index (κ2) is 4.58. The van der Waals surface area contributed by atoms with Crippen molar-refractivity contribution in [1.82, 2.24) is 0 Å². The van der Waals surface area contributed by atoms with Crippen molar-refractivity contribution < 1.29 is 15.0 Å². The van der Waals surface area contributed by atoms with Crippen molar-refractivity contribution in [3.05, 3.63) is 34.9 Å². The van der Waals surface area contributed by atoms with Crippen LogP contribution in [0.5, 0.6) is 0 Å². The summed E-state index contributed by atoms with van der Waals surface area (Å²) in [5.74, 6) is -1.09. The number of carbonyl (C=O) groups is 1. The molecule has 15 heavy (non-hydrogen) atoms. The first kappa shape index (κ1) is 11.2. The summed E-state index contributed by atoms with van der Waals surface area (Å²) < 4.78 is 0. The maximum absolute atomic E-state index is 10.4. The fraction of sp³-hybridized carbons (Fsp3) is 0.273. The molecule has 78 valence electrons. The first-order chi connectivity index (χ1) is 7.04. The Morgan fingerprint density at radius 1 is 1.60 bits per heavy atom. The molecule has 0 saturated heterocycles. The Labute approximate surface area is 87.4 Å². The Morgan fingerprint density at radius 2 is 2.27 bits per heavy atom. The predicted molar refractivity (Wildman–Crippen MR) is 53.1 cm³/mol. The first-order valence-electron chi connectivity index (χ1n) is 4.45. The van der Waals surface area contributed by atoms with Crippen molar-refractivity contribution in [2.75, 3.05) is 0 Å². The zero-order valence-electron chi connectivity index (χ0n) is 8.27. The van der Waals surface area contributed by atoms with Gasteiger partial charge in [-0.2, -0.15) is 5.26 Å². The molecular formula is C11H11NO3. The molecule has 0 fully saturated rings. The van der Waals surface area contributed by atoms with E-state index in [1.165, 1.54) is 0 Å². The third kappa shape index (κ3) is 2.79. The van der Waals surface area contributed by atoms with Crippen LogP contribution in [0.3, 0.4) is 0 Å². The Morgan fingerprint density at radius 3 is 2.80 bits per heavy atom. The first-order valence-corrected chi connectivity index (χ1v) is 4.45. The van der Waals surface area contributed by atoms with Crippen LogP contribution in [-0.4, -0.2) is 16.2 Å². The lowest BCUT2D eigenvalue weighted by Gasteiger charge is -2.10. The third-order valence-corrected chi connectivity index (χ3v) is 2.06. The van der Waals surface area contributed by atoms with Crippen LogP contribution in [0, 0.1) is 18.3 Å². The molecule has 1 aromatic rings. The van der Waals surface area contributed by atoms with Crippen LogP contribution >= 0.6 is 0 Å². The molecule has 1 rings (SSSR count). The van der Waals surface area contributed by atoms with Crippen LogP contribution in [-0.2, 0) is 4.79 Å². The van der Waals surface area contributed by atoms with E-state index in [1.807, 2.05) is 13.0 Å². The Balaban J connectivity index is 3.04. The molecule has 1 unspecified atom stereocenters. The number of benzene rings is 1. The van der Waals surface area contributed by atoms with Gasteiger partial charge in [0.15, 0.2) is 0 Å². The number of nitrogens with zero attached hydrogens (tertiary/aromatic N) is 1. The van der Waals surface area contributed by atoms with E-state index in [0.29, 0.717) is 11.1 Å². The minimum atomic E-state index is -1.13. The van der Waals surface area contributed by atoms with Gasteiger partial charge in [0.1, 0.15) is 0 Å². The summed E-state index contributed by atoms with van der Waals surface area (Å²) in [6.45, 7) is 1.83. The monoisotopic (exact) mass is 205 g/mol.